The molecule has 0 aliphatic heterocycles. The molecular formula is C21H25NO. The van der Waals surface area contributed by atoms with E-state index in [1.165, 1.54) is 27.9 Å². The molecule has 1 heterocycles. The molecule has 1 aromatic heterocycles. The fraction of sp³-hybridized carbons (Fsp3) is 0.333. The van der Waals surface area contributed by atoms with E-state index in [0.717, 1.165) is 25.0 Å². The van der Waals surface area contributed by atoms with Crippen molar-refractivity contribution in [3.63, 3.8) is 0 Å². The lowest BCUT2D eigenvalue weighted by Crippen LogP contribution is -2.06. The van der Waals surface area contributed by atoms with Gasteiger partial charge in [0.2, 0.25) is 0 Å². The number of fused-ring (bicyclic) bond motifs is 1. The number of rotatable bonds is 4. The van der Waals surface area contributed by atoms with Crippen LogP contribution in [0.3, 0.4) is 0 Å². The number of hydrogen-bond donors (Lipinski definition) is 1. The van der Waals surface area contributed by atoms with Crippen molar-refractivity contribution in [1.82, 2.24) is 4.98 Å². The molecule has 2 heteroatoms. The second kappa shape index (κ2) is 6.91. The van der Waals surface area contributed by atoms with E-state index in [0.29, 0.717) is 0 Å². The largest absolute Gasteiger partial charge is 0.491 e. The average Bonchev–Trinajstić information content (AvgIpc) is 2.88. The van der Waals surface area contributed by atoms with Crippen LogP contribution >= 0.6 is 0 Å². The minimum Gasteiger partial charge on any atom is -0.491 e. The molecule has 0 spiro atoms. The van der Waals surface area contributed by atoms with Gasteiger partial charge in [0.25, 0.3) is 0 Å². The van der Waals surface area contributed by atoms with Gasteiger partial charge in [-0.15, -0.1) is 0 Å². The second-order valence-corrected chi connectivity index (χ2v) is 6.31. The van der Waals surface area contributed by atoms with E-state index in [-0.39, 0.29) is 6.10 Å². The third-order valence-electron chi connectivity index (χ3n) is 4.13. The van der Waals surface area contributed by atoms with Gasteiger partial charge in [0, 0.05) is 23.0 Å². The van der Waals surface area contributed by atoms with Gasteiger partial charge in [-0.05, 0) is 56.4 Å². The lowest BCUT2D eigenvalue weighted by Gasteiger charge is -2.13. The van der Waals surface area contributed by atoms with Crippen LogP contribution in [0.4, 0.5) is 0 Å². The number of H-pyrrole nitrogens is 1. The number of aryl methyl sites for hydroxylation is 2. The summed E-state index contributed by atoms with van der Waals surface area (Å²) in [5, 5.41) is 0. The summed E-state index contributed by atoms with van der Waals surface area (Å²) in [6, 6.07) is 6.59. The molecule has 23 heavy (non-hydrogen) atoms. The molecule has 1 aliphatic carbocycles. The molecule has 0 unspecified atom stereocenters. The van der Waals surface area contributed by atoms with Crippen molar-refractivity contribution < 1.29 is 4.74 Å². The molecule has 0 radical (unpaired) electrons. The van der Waals surface area contributed by atoms with E-state index in [4.69, 9.17) is 4.74 Å². The Bertz CT molecular complexity index is 734. The van der Waals surface area contributed by atoms with E-state index < -0.39 is 0 Å². The fourth-order valence-electron chi connectivity index (χ4n) is 3.03. The number of nitrogens with one attached hydrogen (secondary N) is 1. The van der Waals surface area contributed by atoms with Gasteiger partial charge in [-0.3, -0.25) is 0 Å². The van der Waals surface area contributed by atoms with Crippen LogP contribution in [0.5, 0.6) is 5.75 Å². The maximum Gasteiger partial charge on any atom is 0.120 e. The number of aromatic nitrogens is 1. The zero-order valence-corrected chi connectivity index (χ0v) is 14.2. The molecule has 3 rings (SSSR count). The maximum absolute atomic E-state index is 5.94. The highest BCUT2D eigenvalue weighted by atomic mass is 16.5. The average molecular weight is 307 g/mol. The molecule has 120 valence electrons. The van der Waals surface area contributed by atoms with Crippen LogP contribution in [-0.4, -0.2) is 11.1 Å². The highest BCUT2D eigenvalue weighted by Crippen LogP contribution is 2.33. The Kier molecular flexibility index (Phi) is 4.71. The molecule has 0 bridgehead atoms. The molecular weight excluding hydrogens is 282 g/mol. The van der Waals surface area contributed by atoms with Crippen LogP contribution in [0.15, 0.2) is 42.6 Å². The first kappa shape index (κ1) is 15.7. The first-order valence-corrected chi connectivity index (χ1v) is 8.52. The quantitative estimate of drug-likeness (QED) is 0.787. The maximum atomic E-state index is 5.94. The lowest BCUT2D eigenvalue weighted by molar-refractivity contribution is 0.242. The number of hydrogen-bond acceptors (Lipinski definition) is 1. The smallest absolute Gasteiger partial charge is 0.120 e. The highest BCUT2D eigenvalue weighted by molar-refractivity contribution is 5.78. The van der Waals surface area contributed by atoms with Crippen molar-refractivity contribution in [2.45, 2.75) is 46.1 Å². The van der Waals surface area contributed by atoms with Gasteiger partial charge < -0.3 is 9.72 Å². The van der Waals surface area contributed by atoms with E-state index in [2.05, 4.69) is 74.5 Å². The minimum absolute atomic E-state index is 0.187. The van der Waals surface area contributed by atoms with Crippen molar-refractivity contribution in [3.05, 3.63) is 59.4 Å². The predicted molar refractivity (Wildman–Crippen MR) is 97.9 cm³/mol. The summed E-state index contributed by atoms with van der Waals surface area (Å²) in [6.07, 6.45) is 14.1. The first-order chi connectivity index (χ1) is 11.2. The third kappa shape index (κ3) is 3.58. The zero-order valence-electron chi connectivity index (χ0n) is 14.2. The molecule has 2 nitrogen and oxygen atoms in total. The monoisotopic (exact) mass is 307 g/mol. The second-order valence-electron chi connectivity index (χ2n) is 6.31. The van der Waals surface area contributed by atoms with Crippen molar-refractivity contribution in [1.29, 1.82) is 0 Å². The van der Waals surface area contributed by atoms with Crippen molar-refractivity contribution in [2.24, 2.45) is 0 Å². The van der Waals surface area contributed by atoms with Gasteiger partial charge in [-0.1, -0.05) is 37.3 Å². The van der Waals surface area contributed by atoms with Crippen LogP contribution in [0.2, 0.25) is 0 Å². The van der Waals surface area contributed by atoms with E-state index in [9.17, 15) is 0 Å². The number of benzene rings is 1. The molecule has 0 atom stereocenters. The third-order valence-corrected chi connectivity index (χ3v) is 4.13. The van der Waals surface area contributed by atoms with Gasteiger partial charge >= 0.3 is 0 Å². The first-order valence-electron chi connectivity index (χ1n) is 8.52. The number of aromatic amines is 1. The fourth-order valence-corrected chi connectivity index (χ4v) is 3.03. The van der Waals surface area contributed by atoms with Gasteiger partial charge in [0.15, 0.2) is 0 Å². The van der Waals surface area contributed by atoms with E-state index in [1.54, 1.807) is 0 Å². The van der Waals surface area contributed by atoms with Crippen molar-refractivity contribution in [3.8, 4) is 16.9 Å². The van der Waals surface area contributed by atoms with Gasteiger partial charge in [-0.25, -0.2) is 0 Å². The van der Waals surface area contributed by atoms with Crippen LogP contribution in [0.1, 0.15) is 44.0 Å². The van der Waals surface area contributed by atoms with Gasteiger partial charge in [-0.2, -0.15) is 0 Å². The van der Waals surface area contributed by atoms with Crippen LogP contribution in [0, 0.1) is 0 Å². The molecule has 0 saturated carbocycles. The molecule has 0 amide bonds. The molecule has 1 aromatic carbocycles. The van der Waals surface area contributed by atoms with Crippen LogP contribution in [-0.2, 0) is 12.8 Å². The standard InChI is InChI=1S/C21H25NO/c1-4-16-11-17(13-18(12-16)23-15(2)3)20-14-22-21-10-8-6-5-7-9-19(20)21/h5-7,9,11-15,22H,4,8,10H2,1-3H3/b6-5-,9-7-. The summed E-state index contributed by atoms with van der Waals surface area (Å²) in [6.45, 7) is 6.32. The lowest BCUT2D eigenvalue weighted by atomic mass is 9.97. The van der Waals surface area contributed by atoms with Crippen LogP contribution < -0.4 is 4.74 Å². The Balaban J connectivity index is 2.06. The predicted octanol–water partition coefficient (Wildman–Crippen LogP) is 5.55. The van der Waals surface area contributed by atoms with Gasteiger partial charge in [0.1, 0.15) is 5.75 Å². The summed E-state index contributed by atoms with van der Waals surface area (Å²) in [5.41, 5.74) is 6.41. The molecule has 2 aromatic rings. The number of ether oxygens (including phenoxy) is 1. The van der Waals surface area contributed by atoms with Crippen molar-refractivity contribution >= 4 is 6.08 Å². The molecule has 0 fully saturated rings. The summed E-state index contributed by atoms with van der Waals surface area (Å²) in [5.74, 6) is 0.957. The topological polar surface area (TPSA) is 25.0 Å². The highest BCUT2D eigenvalue weighted by Gasteiger charge is 2.13. The molecule has 0 saturated heterocycles. The number of allylic oxidation sites excluding steroid dienone is 3. The Morgan fingerprint density at radius 3 is 2.83 bits per heavy atom. The van der Waals surface area contributed by atoms with E-state index in [1.807, 2.05) is 0 Å². The summed E-state index contributed by atoms with van der Waals surface area (Å²) >= 11 is 0. The molecule has 1 N–H and O–H groups in total. The minimum atomic E-state index is 0.187. The van der Waals surface area contributed by atoms with Crippen molar-refractivity contribution in [2.75, 3.05) is 0 Å². The summed E-state index contributed by atoms with van der Waals surface area (Å²) in [7, 11) is 0. The van der Waals surface area contributed by atoms with E-state index >= 15 is 0 Å². The Morgan fingerprint density at radius 2 is 2.04 bits per heavy atom. The SMILES string of the molecule is CCc1cc(OC(C)C)cc(-c2c[nH]c3c2/C=C\C=C/CC3)c1. The Morgan fingerprint density at radius 1 is 1.17 bits per heavy atom. The Labute approximate surface area is 138 Å². The summed E-state index contributed by atoms with van der Waals surface area (Å²) in [4.78, 5) is 3.46. The Hall–Kier alpha value is -2.22. The summed E-state index contributed by atoms with van der Waals surface area (Å²) < 4.78 is 5.94. The normalized spacial score (nSPS) is 16.5. The van der Waals surface area contributed by atoms with Crippen LogP contribution in [0.25, 0.3) is 17.2 Å². The molecule has 1 aliphatic rings. The zero-order chi connectivity index (χ0) is 16.2. The van der Waals surface area contributed by atoms with Gasteiger partial charge in [0.05, 0.1) is 6.10 Å².